The SMILES string of the molecule is C=CCNCC(=O)N[C@H](C)c1cccc(Br)c1. The van der Waals surface area contributed by atoms with Crippen molar-refractivity contribution in [3.8, 4) is 0 Å². The lowest BCUT2D eigenvalue weighted by atomic mass is 10.1. The zero-order valence-corrected chi connectivity index (χ0v) is 11.5. The molecule has 0 bridgehead atoms. The second kappa shape index (κ2) is 7.25. The minimum absolute atomic E-state index is 0.00512. The largest absolute Gasteiger partial charge is 0.348 e. The standard InChI is InChI=1S/C13H17BrN2O/c1-3-7-15-9-13(17)16-10(2)11-5-4-6-12(14)8-11/h3-6,8,10,15H,1,7,9H2,2H3,(H,16,17)/t10-/m1/s1. The van der Waals surface area contributed by atoms with Crippen LogP contribution in [0.5, 0.6) is 0 Å². The van der Waals surface area contributed by atoms with Crippen LogP contribution in [0.3, 0.4) is 0 Å². The molecule has 0 spiro atoms. The van der Waals surface area contributed by atoms with E-state index in [1.54, 1.807) is 6.08 Å². The van der Waals surface area contributed by atoms with E-state index in [1.165, 1.54) is 0 Å². The summed E-state index contributed by atoms with van der Waals surface area (Å²) in [5.41, 5.74) is 1.08. The molecular formula is C13H17BrN2O. The fourth-order valence-corrected chi connectivity index (χ4v) is 1.86. The van der Waals surface area contributed by atoms with E-state index in [4.69, 9.17) is 0 Å². The minimum Gasteiger partial charge on any atom is -0.348 e. The number of carbonyl (C=O) groups is 1. The topological polar surface area (TPSA) is 41.1 Å². The number of amides is 1. The molecule has 1 aromatic carbocycles. The van der Waals surface area contributed by atoms with Crippen molar-refractivity contribution in [3.05, 3.63) is 47.0 Å². The lowest BCUT2D eigenvalue weighted by Crippen LogP contribution is -2.35. The summed E-state index contributed by atoms with van der Waals surface area (Å²) < 4.78 is 1.01. The molecule has 1 atom stereocenters. The molecule has 1 amide bonds. The van der Waals surface area contributed by atoms with E-state index >= 15 is 0 Å². The summed E-state index contributed by atoms with van der Waals surface area (Å²) in [6.45, 7) is 6.49. The van der Waals surface area contributed by atoms with Gasteiger partial charge in [-0.25, -0.2) is 0 Å². The molecule has 0 aliphatic heterocycles. The van der Waals surface area contributed by atoms with Crippen LogP contribution in [0.15, 0.2) is 41.4 Å². The Bertz CT molecular complexity index is 393. The average Bonchev–Trinajstić information content (AvgIpc) is 2.29. The zero-order chi connectivity index (χ0) is 12.7. The van der Waals surface area contributed by atoms with E-state index in [2.05, 4.69) is 33.1 Å². The molecule has 0 saturated heterocycles. The van der Waals surface area contributed by atoms with Crippen LogP contribution in [-0.4, -0.2) is 19.0 Å². The fourth-order valence-electron chi connectivity index (χ4n) is 1.44. The predicted molar refractivity (Wildman–Crippen MR) is 73.8 cm³/mol. The number of hydrogen-bond acceptors (Lipinski definition) is 2. The number of halogens is 1. The molecule has 4 heteroatoms. The van der Waals surface area contributed by atoms with Gasteiger partial charge in [0.15, 0.2) is 0 Å². The van der Waals surface area contributed by atoms with Gasteiger partial charge in [0, 0.05) is 11.0 Å². The third-order valence-electron chi connectivity index (χ3n) is 2.30. The molecule has 0 aromatic heterocycles. The molecular weight excluding hydrogens is 280 g/mol. The highest BCUT2D eigenvalue weighted by atomic mass is 79.9. The third kappa shape index (κ3) is 5.15. The van der Waals surface area contributed by atoms with Crippen LogP contribution in [0, 0.1) is 0 Å². The van der Waals surface area contributed by atoms with E-state index < -0.39 is 0 Å². The third-order valence-corrected chi connectivity index (χ3v) is 2.79. The maximum atomic E-state index is 11.6. The summed E-state index contributed by atoms with van der Waals surface area (Å²) in [7, 11) is 0. The normalized spacial score (nSPS) is 11.9. The van der Waals surface area contributed by atoms with E-state index in [0.29, 0.717) is 13.1 Å². The second-order valence-corrected chi connectivity index (χ2v) is 4.68. The van der Waals surface area contributed by atoms with Crippen LogP contribution in [0.2, 0.25) is 0 Å². The summed E-state index contributed by atoms with van der Waals surface area (Å²) in [6.07, 6.45) is 1.73. The Labute approximate surface area is 110 Å². The molecule has 0 radical (unpaired) electrons. The highest BCUT2D eigenvalue weighted by Crippen LogP contribution is 2.17. The first-order valence-electron chi connectivity index (χ1n) is 5.50. The van der Waals surface area contributed by atoms with Gasteiger partial charge in [-0.3, -0.25) is 4.79 Å². The molecule has 0 aliphatic rings. The van der Waals surface area contributed by atoms with Crippen molar-refractivity contribution in [1.29, 1.82) is 0 Å². The van der Waals surface area contributed by atoms with Gasteiger partial charge in [-0.2, -0.15) is 0 Å². The van der Waals surface area contributed by atoms with E-state index in [1.807, 2.05) is 31.2 Å². The number of nitrogens with one attached hydrogen (secondary N) is 2. The molecule has 0 unspecified atom stereocenters. The first kappa shape index (κ1) is 13.9. The average molecular weight is 297 g/mol. The maximum absolute atomic E-state index is 11.6. The monoisotopic (exact) mass is 296 g/mol. The van der Waals surface area contributed by atoms with Gasteiger partial charge in [0.05, 0.1) is 12.6 Å². The van der Waals surface area contributed by atoms with Gasteiger partial charge in [-0.1, -0.05) is 34.1 Å². The van der Waals surface area contributed by atoms with Crippen molar-refractivity contribution in [1.82, 2.24) is 10.6 Å². The smallest absolute Gasteiger partial charge is 0.234 e. The van der Waals surface area contributed by atoms with Crippen molar-refractivity contribution >= 4 is 21.8 Å². The van der Waals surface area contributed by atoms with Gasteiger partial charge in [0.2, 0.25) is 5.91 Å². The van der Waals surface area contributed by atoms with Crippen molar-refractivity contribution < 1.29 is 4.79 Å². The first-order valence-corrected chi connectivity index (χ1v) is 6.29. The number of carbonyl (C=O) groups excluding carboxylic acids is 1. The Morgan fingerprint density at radius 1 is 1.59 bits per heavy atom. The predicted octanol–water partition coefficient (Wildman–Crippen LogP) is 2.40. The van der Waals surface area contributed by atoms with Crippen molar-refractivity contribution in [2.24, 2.45) is 0 Å². The number of benzene rings is 1. The maximum Gasteiger partial charge on any atom is 0.234 e. The first-order chi connectivity index (χ1) is 8.13. The molecule has 1 aromatic rings. The molecule has 1 rings (SSSR count). The van der Waals surface area contributed by atoms with Crippen LogP contribution in [0.4, 0.5) is 0 Å². The quantitative estimate of drug-likeness (QED) is 0.625. The van der Waals surface area contributed by atoms with Gasteiger partial charge in [-0.15, -0.1) is 6.58 Å². The molecule has 0 aliphatic carbocycles. The highest BCUT2D eigenvalue weighted by molar-refractivity contribution is 9.10. The fraction of sp³-hybridized carbons (Fsp3) is 0.308. The molecule has 0 fully saturated rings. The van der Waals surface area contributed by atoms with Crippen LogP contribution >= 0.6 is 15.9 Å². The van der Waals surface area contributed by atoms with Crippen LogP contribution < -0.4 is 10.6 Å². The Morgan fingerprint density at radius 2 is 2.35 bits per heavy atom. The van der Waals surface area contributed by atoms with Gasteiger partial charge >= 0.3 is 0 Å². The minimum atomic E-state index is -0.0145. The van der Waals surface area contributed by atoms with Crippen molar-refractivity contribution in [2.75, 3.05) is 13.1 Å². The van der Waals surface area contributed by atoms with Gasteiger partial charge < -0.3 is 10.6 Å². The lowest BCUT2D eigenvalue weighted by molar-refractivity contribution is -0.120. The van der Waals surface area contributed by atoms with Crippen molar-refractivity contribution in [2.45, 2.75) is 13.0 Å². The summed E-state index contributed by atoms with van der Waals surface area (Å²) in [5, 5.41) is 5.89. The Kier molecular flexibility index (Phi) is 5.94. The van der Waals surface area contributed by atoms with Crippen LogP contribution in [-0.2, 0) is 4.79 Å². The van der Waals surface area contributed by atoms with E-state index in [0.717, 1.165) is 10.0 Å². The van der Waals surface area contributed by atoms with Crippen LogP contribution in [0.25, 0.3) is 0 Å². The lowest BCUT2D eigenvalue weighted by Gasteiger charge is -2.14. The molecule has 0 saturated carbocycles. The Balaban J connectivity index is 2.45. The molecule has 0 heterocycles. The number of rotatable bonds is 6. The van der Waals surface area contributed by atoms with E-state index in [-0.39, 0.29) is 11.9 Å². The summed E-state index contributed by atoms with van der Waals surface area (Å²) in [5.74, 6) is -0.0145. The Morgan fingerprint density at radius 3 is 3.00 bits per heavy atom. The number of hydrogen-bond donors (Lipinski definition) is 2. The molecule has 3 nitrogen and oxygen atoms in total. The zero-order valence-electron chi connectivity index (χ0n) is 9.87. The molecule has 2 N–H and O–H groups in total. The van der Waals surface area contributed by atoms with Crippen LogP contribution in [0.1, 0.15) is 18.5 Å². The van der Waals surface area contributed by atoms with Gasteiger partial charge in [0.1, 0.15) is 0 Å². The summed E-state index contributed by atoms with van der Waals surface area (Å²) >= 11 is 3.41. The van der Waals surface area contributed by atoms with E-state index in [9.17, 15) is 4.79 Å². The Hall–Kier alpha value is -1.13. The summed E-state index contributed by atoms with van der Waals surface area (Å²) in [6, 6.07) is 7.92. The summed E-state index contributed by atoms with van der Waals surface area (Å²) in [4.78, 5) is 11.6. The van der Waals surface area contributed by atoms with Gasteiger partial charge in [0.25, 0.3) is 0 Å². The van der Waals surface area contributed by atoms with Gasteiger partial charge in [-0.05, 0) is 24.6 Å². The molecule has 17 heavy (non-hydrogen) atoms. The highest BCUT2D eigenvalue weighted by Gasteiger charge is 2.08. The molecule has 92 valence electrons. The second-order valence-electron chi connectivity index (χ2n) is 3.76. The van der Waals surface area contributed by atoms with Crippen molar-refractivity contribution in [3.63, 3.8) is 0 Å².